The van der Waals surface area contributed by atoms with Gasteiger partial charge in [-0.15, -0.1) is 0 Å². The molecule has 2 amide bonds. The van der Waals surface area contributed by atoms with Gasteiger partial charge in [0.1, 0.15) is 0 Å². The van der Waals surface area contributed by atoms with E-state index in [0.717, 1.165) is 4.47 Å². The van der Waals surface area contributed by atoms with Gasteiger partial charge in [0.15, 0.2) is 0 Å². The Morgan fingerprint density at radius 3 is 2.46 bits per heavy atom. The first-order valence-corrected chi connectivity index (χ1v) is 8.45. The largest absolute Gasteiger partial charge is 0.391 e. The van der Waals surface area contributed by atoms with Gasteiger partial charge in [-0.3, -0.25) is 9.59 Å². The lowest BCUT2D eigenvalue weighted by Crippen LogP contribution is -2.45. The van der Waals surface area contributed by atoms with Crippen LogP contribution in [0.2, 0.25) is 0 Å². The highest BCUT2D eigenvalue weighted by atomic mass is 79.9. The van der Waals surface area contributed by atoms with Crippen molar-refractivity contribution in [3.8, 4) is 0 Å². The molecule has 2 rings (SSSR count). The van der Waals surface area contributed by atoms with E-state index in [0.29, 0.717) is 18.4 Å². The maximum absolute atomic E-state index is 12.7. The van der Waals surface area contributed by atoms with E-state index in [2.05, 4.69) is 26.6 Å². The Kier molecular flexibility index (Phi) is 6.26. The Balaban J connectivity index is 1.78. The molecule has 132 valence electrons. The van der Waals surface area contributed by atoms with Gasteiger partial charge >= 0.3 is 6.18 Å². The van der Waals surface area contributed by atoms with Gasteiger partial charge in [-0.05, 0) is 43.5 Å². The van der Waals surface area contributed by atoms with E-state index in [1.165, 1.54) is 0 Å². The molecule has 0 saturated heterocycles. The number of carbonyl (C=O) groups is 2. The Morgan fingerprint density at radius 1 is 1.17 bits per heavy atom. The minimum atomic E-state index is -4.22. The number of rotatable bonds is 4. The third-order valence-corrected chi connectivity index (χ3v) is 4.55. The molecule has 1 aliphatic carbocycles. The fourth-order valence-corrected chi connectivity index (χ4v) is 3.03. The molecule has 1 aliphatic rings. The van der Waals surface area contributed by atoms with Gasteiger partial charge in [0, 0.05) is 16.1 Å². The predicted molar refractivity (Wildman–Crippen MR) is 86.4 cm³/mol. The zero-order chi connectivity index (χ0) is 17.7. The average molecular weight is 407 g/mol. The van der Waals surface area contributed by atoms with Crippen molar-refractivity contribution in [2.75, 3.05) is 6.54 Å². The summed E-state index contributed by atoms with van der Waals surface area (Å²) in [6.45, 7) is -0.262. The number of hydrogen-bond donors (Lipinski definition) is 2. The van der Waals surface area contributed by atoms with E-state index in [1.54, 1.807) is 24.3 Å². The molecule has 1 fully saturated rings. The Bertz CT molecular complexity index is 590. The second-order valence-corrected chi connectivity index (χ2v) is 6.77. The van der Waals surface area contributed by atoms with Gasteiger partial charge in [0.05, 0.1) is 12.5 Å². The van der Waals surface area contributed by atoms with Gasteiger partial charge < -0.3 is 10.6 Å². The summed E-state index contributed by atoms with van der Waals surface area (Å²) in [6.07, 6.45) is -3.26. The maximum Gasteiger partial charge on any atom is 0.391 e. The number of hydrogen-bond acceptors (Lipinski definition) is 2. The van der Waals surface area contributed by atoms with E-state index in [4.69, 9.17) is 0 Å². The summed E-state index contributed by atoms with van der Waals surface area (Å²) in [5.74, 6) is -2.25. The summed E-state index contributed by atoms with van der Waals surface area (Å²) in [5, 5.41) is 5.04. The third kappa shape index (κ3) is 5.51. The Labute approximate surface area is 146 Å². The van der Waals surface area contributed by atoms with Gasteiger partial charge in [-0.2, -0.15) is 13.2 Å². The normalized spacial score (nSPS) is 21.2. The Hall–Kier alpha value is -1.57. The number of nitrogens with one attached hydrogen (secondary N) is 2. The monoisotopic (exact) mass is 406 g/mol. The maximum atomic E-state index is 12.7. The molecule has 4 nitrogen and oxygen atoms in total. The van der Waals surface area contributed by atoms with Gasteiger partial charge in [0.25, 0.3) is 5.91 Å². The molecular formula is C16H18BrF3N2O2. The standard InChI is InChI=1S/C16H18BrF3N2O2/c17-12-6-4-10(5-7-12)15(24)21-9-14(23)22-13-3-1-2-11(8-13)16(18,19)20/h4-7,11,13H,1-3,8-9H2,(H,21,24)(H,22,23). The quantitative estimate of drug-likeness (QED) is 0.804. The lowest BCUT2D eigenvalue weighted by atomic mass is 9.85. The SMILES string of the molecule is O=C(CNC(=O)c1ccc(Br)cc1)NC1CCCC(C(F)(F)F)C1. The van der Waals surface area contributed by atoms with Gasteiger partial charge in [0.2, 0.25) is 5.91 Å². The van der Waals surface area contributed by atoms with E-state index in [9.17, 15) is 22.8 Å². The zero-order valence-electron chi connectivity index (χ0n) is 12.8. The molecule has 0 aliphatic heterocycles. The molecule has 2 N–H and O–H groups in total. The van der Waals surface area contributed by atoms with E-state index in [1.807, 2.05) is 0 Å². The molecule has 2 unspecified atom stereocenters. The first kappa shape index (κ1) is 18.8. The Morgan fingerprint density at radius 2 is 1.83 bits per heavy atom. The van der Waals surface area contributed by atoms with Crippen molar-refractivity contribution in [1.29, 1.82) is 0 Å². The summed E-state index contributed by atoms with van der Waals surface area (Å²) >= 11 is 3.25. The topological polar surface area (TPSA) is 58.2 Å². The third-order valence-electron chi connectivity index (χ3n) is 4.02. The first-order chi connectivity index (χ1) is 11.3. The molecule has 0 bridgehead atoms. The number of amides is 2. The minimum Gasteiger partial charge on any atom is -0.352 e. The van der Waals surface area contributed by atoms with Crippen LogP contribution in [0.25, 0.3) is 0 Å². The van der Waals surface area contributed by atoms with Crippen molar-refractivity contribution >= 4 is 27.7 Å². The highest BCUT2D eigenvalue weighted by molar-refractivity contribution is 9.10. The first-order valence-electron chi connectivity index (χ1n) is 7.65. The van der Waals surface area contributed by atoms with Crippen molar-refractivity contribution in [2.45, 2.75) is 37.9 Å². The van der Waals surface area contributed by atoms with E-state index >= 15 is 0 Å². The summed E-state index contributed by atoms with van der Waals surface area (Å²) in [4.78, 5) is 23.7. The number of carbonyl (C=O) groups excluding carboxylic acids is 2. The van der Waals surface area contributed by atoms with Crippen LogP contribution in [-0.4, -0.2) is 30.6 Å². The van der Waals surface area contributed by atoms with Gasteiger partial charge in [-0.25, -0.2) is 0 Å². The molecule has 0 aromatic heterocycles. The lowest BCUT2D eigenvalue weighted by molar-refractivity contribution is -0.184. The van der Waals surface area contributed by atoms with Crippen molar-refractivity contribution in [2.24, 2.45) is 5.92 Å². The molecule has 0 heterocycles. The molecule has 0 spiro atoms. The molecule has 1 saturated carbocycles. The average Bonchev–Trinajstić information content (AvgIpc) is 2.53. The zero-order valence-corrected chi connectivity index (χ0v) is 14.4. The van der Waals surface area contributed by atoms with Crippen LogP contribution in [-0.2, 0) is 4.79 Å². The summed E-state index contributed by atoms with van der Waals surface area (Å²) in [7, 11) is 0. The molecule has 1 aromatic rings. The number of halogens is 4. The van der Waals surface area contributed by atoms with Crippen LogP contribution >= 0.6 is 15.9 Å². The smallest absolute Gasteiger partial charge is 0.352 e. The fourth-order valence-electron chi connectivity index (χ4n) is 2.76. The van der Waals surface area contributed by atoms with Crippen LogP contribution < -0.4 is 10.6 Å². The molecule has 24 heavy (non-hydrogen) atoms. The van der Waals surface area contributed by atoms with Crippen molar-refractivity contribution in [1.82, 2.24) is 10.6 Å². The fraction of sp³-hybridized carbons (Fsp3) is 0.500. The van der Waals surface area contributed by atoms with Crippen LogP contribution in [0.15, 0.2) is 28.7 Å². The van der Waals surface area contributed by atoms with E-state index < -0.39 is 30.0 Å². The summed E-state index contributed by atoms with van der Waals surface area (Å²) in [6, 6.07) is 6.11. The number of benzene rings is 1. The van der Waals surface area contributed by atoms with Crippen molar-refractivity contribution < 1.29 is 22.8 Å². The van der Waals surface area contributed by atoms with Crippen molar-refractivity contribution in [3.63, 3.8) is 0 Å². The van der Waals surface area contributed by atoms with Crippen LogP contribution in [0.1, 0.15) is 36.0 Å². The van der Waals surface area contributed by atoms with Crippen LogP contribution in [0.4, 0.5) is 13.2 Å². The molecule has 2 atom stereocenters. The molecular weight excluding hydrogens is 389 g/mol. The van der Waals surface area contributed by atoms with Crippen LogP contribution in [0.3, 0.4) is 0 Å². The molecule has 1 aromatic carbocycles. The highest BCUT2D eigenvalue weighted by Gasteiger charge is 2.42. The molecule has 0 radical (unpaired) electrons. The number of alkyl halides is 3. The summed E-state index contributed by atoms with van der Waals surface area (Å²) < 4.78 is 39.1. The predicted octanol–water partition coefficient (Wildman–Crippen LogP) is 3.42. The van der Waals surface area contributed by atoms with Gasteiger partial charge in [-0.1, -0.05) is 22.4 Å². The lowest BCUT2D eigenvalue weighted by Gasteiger charge is -2.31. The van der Waals surface area contributed by atoms with Crippen LogP contribution in [0.5, 0.6) is 0 Å². The summed E-state index contributed by atoms with van der Waals surface area (Å²) in [5.41, 5.74) is 0.404. The second-order valence-electron chi connectivity index (χ2n) is 5.86. The van der Waals surface area contributed by atoms with E-state index in [-0.39, 0.29) is 19.4 Å². The van der Waals surface area contributed by atoms with Crippen LogP contribution in [0, 0.1) is 5.92 Å². The highest BCUT2D eigenvalue weighted by Crippen LogP contribution is 2.37. The van der Waals surface area contributed by atoms with Crippen molar-refractivity contribution in [3.05, 3.63) is 34.3 Å². The second kappa shape index (κ2) is 8.00. The minimum absolute atomic E-state index is 0.101. The molecule has 8 heteroatoms.